The molecule has 0 radical (unpaired) electrons. The lowest BCUT2D eigenvalue weighted by Crippen LogP contribution is -2.61. The number of aliphatic hydroxyl groups is 1. The van der Waals surface area contributed by atoms with Crippen molar-refractivity contribution >= 4 is 20.8 Å². The van der Waals surface area contributed by atoms with Gasteiger partial charge in [-0.2, -0.15) is 0 Å². The molecule has 3 aliphatic carbocycles. The Morgan fingerprint density at radius 3 is 2.23 bits per heavy atom. The summed E-state index contributed by atoms with van der Waals surface area (Å²) in [6.45, 7) is 15.5. The number of hydrogen-bond acceptors (Lipinski definition) is 10. The maximum atomic E-state index is 12.8. The third-order valence-corrected chi connectivity index (χ3v) is 14.0. The summed E-state index contributed by atoms with van der Waals surface area (Å²) in [5, 5.41) is 12.8. The van der Waals surface area contributed by atoms with Crippen LogP contribution in [-0.4, -0.2) is 48.4 Å². The lowest BCUT2D eigenvalue weighted by atomic mass is 9.47. The minimum atomic E-state index is -5.13. The Balaban J connectivity index is 1.45. The molecule has 2 saturated carbocycles. The second kappa shape index (κ2) is 12.8. The highest BCUT2D eigenvalue weighted by atomic mass is 32.3. The van der Waals surface area contributed by atoms with Crippen molar-refractivity contribution in [3.05, 3.63) is 34.9 Å². The van der Waals surface area contributed by atoms with Crippen LogP contribution in [0.25, 0.3) is 0 Å². The van der Waals surface area contributed by atoms with E-state index >= 15 is 0 Å². The number of fused-ring (bicyclic) bond motifs is 2. The van der Waals surface area contributed by atoms with Gasteiger partial charge in [-0.15, -0.1) is 0 Å². The molecule has 272 valence electrons. The van der Waals surface area contributed by atoms with Crippen LogP contribution in [0.2, 0.25) is 0 Å². The van der Waals surface area contributed by atoms with Crippen LogP contribution in [0.4, 0.5) is 0 Å². The smallest absolute Gasteiger partial charge is 0.262 e. The highest BCUT2D eigenvalue weighted by Gasteiger charge is 2.60. The SMILES string of the molecule is CC1=C(Cc2cc(OS(=O)(=O)[O-])ccc2OS(=O)(=O)[O-])[C@]2(C)CCC[C@@](C)(CC[C@@]3(O)[C@H](C)CC[C@@H]4OC(C)(C)CCC[C@@]43C)[C@H]2CC1. The third kappa shape index (κ3) is 7.35. The second-order valence-electron chi connectivity index (χ2n) is 16.7. The van der Waals surface area contributed by atoms with Crippen LogP contribution in [0, 0.1) is 28.1 Å². The van der Waals surface area contributed by atoms with E-state index in [-0.39, 0.29) is 63.3 Å². The molecule has 0 unspecified atom stereocenters. The quantitative estimate of drug-likeness (QED) is 0.159. The molecule has 0 spiro atoms. The van der Waals surface area contributed by atoms with Crippen molar-refractivity contribution in [2.45, 2.75) is 149 Å². The van der Waals surface area contributed by atoms with Crippen LogP contribution in [0.3, 0.4) is 0 Å². The molecule has 3 fully saturated rings. The zero-order valence-corrected chi connectivity index (χ0v) is 31.2. The molecule has 1 aromatic carbocycles. The van der Waals surface area contributed by atoms with Gasteiger partial charge in [0, 0.05) is 11.0 Å². The summed E-state index contributed by atoms with van der Waals surface area (Å²) in [5.74, 6) is -0.0981. The topological polar surface area (TPSA) is 162 Å². The molecule has 7 atom stereocenters. The average Bonchev–Trinajstić information content (AvgIpc) is 3.07. The molecule has 1 saturated heterocycles. The van der Waals surface area contributed by atoms with E-state index in [1.807, 2.05) is 0 Å². The van der Waals surface area contributed by atoms with Crippen molar-refractivity contribution in [3.8, 4) is 11.5 Å². The summed E-state index contributed by atoms with van der Waals surface area (Å²) < 4.78 is 85.0. The fraction of sp³-hybridized carbons (Fsp3) is 0.778. The van der Waals surface area contributed by atoms with Crippen LogP contribution in [0.5, 0.6) is 11.5 Å². The Bertz CT molecular complexity index is 1640. The summed E-state index contributed by atoms with van der Waals surface area (Å²) in [6.07, 6.45) is 11.3. The molecule has 0 aromatic heterocycles. The van der Waals surface area contributed by atoms with Crippen molar-refractivity contribution in [2.24, 2.45) is 28.1 Å². The Morgan fingerprint density at radius 2 is 1.56 bits per heavy atom. The number of benzene rings is 1. The van der Waals surface area contributed by atoms with Crippen molar-refractivity contribution in [1.29, 1.82) is 0 Å². The first-order valence-electron chi connectivity index (χ1n) is 17.5. The van der Waals surface area contributed by atoms with E-state index in [0.29, 0.717) is 6.42 Å². The van der Waals surface area contributed by atoms with E-state index in [0.717, 1.165) is 93.9 Å². The van der Waals surface area contributed by atoms with Gasteiger partial charge in [0.1, 0.15) is 11.5 Å². The number of hydrogen-bond donors (Lipinski definition) is 1. The zero-order chi connectivity index (χ0) is 35.6. The maximum Gasteiger partial charge on any atom is 0.262 e. The molecule has 1 aliphatic heterocycles. The predicted molar refractivity (Wildman–Crippen MR) is 180 cm³/mol. The maximum absolute atomic E-state index is 12.8. The summed E-state index contributed by atoms with van der Waals surface area (Å²) in [7, 11) is -10.2. The van der Waals surface area contributed by atoms with Gasteiger partial charge in [0.05, 0.1) is 17.3 Å². The first kappa shape index (κ1) is 37.6. The van der Waals surface area contributed by atoms with Crippen molar-refractivity contribution in [3.63, 3.8) is 0 Å². The normalized spacial score (nSPS) is 37.2. The van der Waals surface area contributed by atoms with Gasteiger partial charge in [-0.05, 0) is 139 Å². The molecule has 48 heavy (non-hydrogen) atoms. The molecule has 12 heteroatoms. The minimum Gasteiger partial charge on any atom is -0.716 e. The lowest BCUT2D eigenvalue weighted by molar-refractivity contribution is -0.229. The van der Waals surface area contributed by atoms with Crippen molar-refractivity contribution < 1.29 is 44.2 Å². The van der Waals surface area contributed by atoms with Crippen molar-refractivity contribution in [2.75, 3.05) is 0 Å². The van der Waals surface area contributed by atoms with Gasteiger partial charge in [-0.3, -0.25) is 0 Å². The van der Waals surface area contributed by atoms with Gasteiger partial charge >= 0.3 is 0 Å². The summed E-state index contributed by atoms with van der Waals surface area (Å²) >= 11 is 0. The van der Waals surface area contributed by atoms with Crippen LogP contribution >= 0.6 is 0 Å². The van der Waals surface area contributed by atoms with E-state index in [1.54, 1.807) is 0 Å². The highest BCUT2D eigenvalue weighted by Crippen LogP contribution is 2.63. The standard InChI is InChI=1S/C36H56O10S2/c1-24-10-14-30-33(5,20-21-36(37)25(2)11-15-31-35(36,7)19-8-16-32(3,4)44-31)17-9-18-34(30,6)28(24)23-26-22-27(45-47(38,39)40)12-13-29(26)46-48(41,42)43/h12-13,22,25,30-31,37H,8-11,14-21,23H2,1-7H3,(H,38,39,40)(H,41,42,43)/p-2/t25-,30-,31+,33+,34+,35+,36-/m1/s1. The van der Waals surface area contributed by atoms with E-state index < -0.39 is 26.4 Å². The van der Waals surface area contributed by atoms with E-state index in [1.165, 1.54) is 6.07 Å². The number of ether oxygens (including phenoxy) is 1. The fourth-order valence-corrected chi connectivity index (χ4v) is 11.3. The molecule has 0 bridgehead atoms. The molecular weight excluding hydrogens is 657 g/mol. The van der Waals surface area contributed by atoms with E-state index in [9.17, 15) is 31.0 Å². The average molecular weight is 711 g/mol. The van der Waals surface area contributed by atoms with Crippen molar-refractivity contribution in [1.82, 2.24) is 0 Å². The Morgan fingerprint density at radius 1 is 0.896 bits per heavy atom. The van der Waals surface area contributed by atoms with Crippen LogP contribution in [0.1, 0.15) is 131 Å². The molecule has 5 rings (SSSR count). The first-order chi connectivity index (χ1) is 22.0. The summed E-state index contributed by atoms with van der Waals surface area (Å²) in [5.41, 5.74) is 0.718. The Labute approximate surface area is 287 Å². The first-order valence-corrected chi connectivity index (χ1v) is 20.2. The van der Waals surface area contributed by atoms with Gasteiger partial charge in [0.15, 0.2) is 0 Å². The third-order valence-electron chi connectivity index (χ3n) is 13.2. The number of allylic oxidation sites excluding steroid dienone is 2. The molecule has 4 aliphatic rings. The largest absolute Gasteiger partial charge is 0.716 e. The second-order valence-corrected chi connectivity index (χ2v) is 18.7. The van der Waals surface area contributed by atoms with Gasteiger partial charge in [-0.1, -0.05) is 45.3 Å². The molecule has 10 nitrogen and oxygen atoms in total. The minimum absolute atomic E-state index is 0.0122. The molecular formula is C36H54O10S2-2. The van der Waals surface area contributed by atoms with Gasteiger partial charge in [0.2, 0.25) is 0 Å². The Hall–Kier alpha value is -1.70. The number of rotatable bonds is 9. The van der Waals surface area contributed by atoms with Gasteiger partial charge in [0.25, 0.3) is 20.8 Å². The van der Waals surface area contributed by atoms with Gasteiger partial charge < -0.3 is 27.3 Å². The van der Waals surface area contributed by atoms with Gasteiger partial charge in [-0.25, -0.2) is 16.8 Å². The monoisotopic (exact) mass is 710 g/mol. The van der Waals surface area contributed by atoms with Crippen LogP contribution < -0.4 is 8.37 Å². The molecule has 0 amide bonds. The predicted octanol–water partition coefficient (Wildman–Crippen LogP) is 7.13. The summed E-state index contributed by atoms with van der Waals surface area (Å²) in [6, 6.07) is 3.50. The highest BCUT2D eigenvalue weighted by molar-refractivity contribution is 7.81. The summed E-state index contributed by atoms with van der Waals surface area (Å²) in [4.78, 5) is 0. The molecule has 1 aromatic rings. The molecule has 1 heterocycles. The molecule has 1 N–H and O–H groups in total. The zero-order valence-electron chi connectivity index (χ0n) is 29.6. The Kier molecular flexibility index (Phi) is 10.0. The van der Waals surface area contributed by atoms with E-state index in [2.05, 4.69) is 52.6 Å². The van der Waals surface area contributed by atoms with Crippen LogP contribution in [0.15, 0.2) is 29.3 Å². The fourth-order valence-electron chi connectivity index (χ4n) is 10.6. The van der Waals surface area contributed by atoms with E-state index in [4.69, 9.17) is 8.92 Å². The van der Waals surface area contributed by atoms with Crippen LogP contribution in [-0.2, 0) is 32.0 Å². The lowest BCUT2D eigenvalue weighted by Gasteiger charge is -2.59.